The van der Waals surface area contributed by atoms with Gasteiger partial charge in [-0.2, -0.15) is 0 Å². The molecule has 15 nitrogen and oxygen atoms in total. The van der Waals surface area contributed by atoms with Crippen molar-refractivity contribution >= 4 is 40.8 Å². The zero-order valence-corrected chi connectivity index (χ0v) is 33.3. The van der Waals surface area contributed by atoms with Crippen molar-refractivity contribution in [1.29, 1.82) is 0 Å². The normalized spacial score (nSPS) is 17.8. The number of carbonyl (C=O) groups excluding carboxylic acids is 5. The van der Waals surface area contributed by atoms with Crippen molar-refractivity contribution < 1.29 is 33.4 Å². The van der Waals surface area contributed by atoms with Gasteiger partial charge in [-0.3, -0.25) is 14.4 Å². The number of amides is 5. The third-order valence-corrected chi connectivity index (χ3v) is 10.8. The topological polar surface area (TPSA) is 188 Å². The first kappa shape index (κ1) is 40.7. The predicted molar refractivity (Wildman–Crippen MR) is 213 cm³/mol. The number of ether oxygens (including phenoxy) is 2. The van der Waals surface area contributed by atoms with Crippen LogP contribution >= 0.6 is 0 Å². The van der Waals surface area contributed by atoms with E-state index in [1.54, 1.807) is 16.0 Å². The highest BCUT2D eigenvalue weighted by Crippen LogP contribution is 2.33. The van der Waals surface area contributed by atoms with Crippen LogP contribution in [-0.2, 0) is 30.4 Å². The molecule has 2 fully saturated rings. The van der Waals surface area contributed by atoms with Crippen molar-refractivity contribution in [2.24, 2.45) is 11.8 Å². The van der Waals surface area contributed by atoms with Gasteiger partial charge in [-0.1, -0.05) is 64.1 Å². The number of H-pyrrole nitrogens is 1. The Hall–Kier alpha value is -5.99. The summed E-state index contributed by atoms with van der Waals surface area (Å²) in [5.41, 5.74) is 5.23. The number of pyridine rings is 1. The zero-order chi connectivity index (χ0) is 40.8. The Morgan fingerprint density at radius 2 is 1.40 bits per heavy atom. The van der Waals surface area contributed by atoms with Crippen molar-refractivity contribution in [3.63, 3.8) is 0 Å². The van der Waals surface area contributed by atoms with Gasteiger partial charge in [-0.05, 0) is 61.3 Å². The van der Waals surface area contributed by atoms with E-state index < -0.39 is 30.3 Å². The second kappa shape index (κ2) is 17.9. The smallest absolute Gasteiger partial charge is 0.407 e. The molecule has 2 aliphatic heterocycles. The second-order valence-corrected chi connectivity index (χ2v) is 15.3. The van der Waals surface area contributed by atoms with Crippen LogP contribution in [0.5, 0.6) is 0 Å². The van der Waals surface area contributed by atoms with Gasteiger partial charge >= 0.3 is 12.2 Å². The molecule has 4 aromatic rings. The minimum absolute atomic E-state index is 0.117. The van der Waals surface area contributed by atoms with Crippen molar-refractivity contribution in [3.8, 4) is 22.5 Å². The number of fused-ring (bicyclic) bond motifs is 1. The summed E-state index contributed by atoms with van der Waals surface area (Å²) in [6.07, 6.45) is 3.32. The Morgan fingerprint density at radius 1 is 0.789 bits per heavy atom. The number of alkyl carbamates (subject to hydrolysis) is 2. The largest absolute Gasteiger partial charge is 0.453 e. The van der Waals surface area contributed by atoms with Crippen LogP contribution in [-0.4, -0.2) is 100 Å². The van der Waals surface area contributed by atoms with E-state index in [1.165, 1.54) is 14.2 Å². The van der Waals surface area contributed by atoms with Gasteiger partial charge in [0.2, 0.25) is 17.7 Å². The summed E-state index contributed by atoms with van der Waals surface area (Å²) in [6, 6.07) is 15.5. The highest BCUT2D eigenvalue weighted by Gasteiger charge is 2.39. The number of nitrogens with zero attached hydrogens (tertiary/aromatic N) is 4. The number of nitrogens with one attached hydrogen (secondary N) is 4. The maximum atomic E-state index is 13.6. The van der Waals surface area contributed by atoms with Gasteiger partial charge < -0.3 is 40.2 Å². The molecular formula is C42H52N8O7. The number of imidazole rings is 1. The molecule has 4 N–H and O–H groups in total. The van der Waals surface area contributed by atoms with Gasteiger partial charge in [0.1, 0.15) is 23.9 Å². The van der Waals surface area contributed by atoms with Gasteiger partial charge in [0.25, 0.3) is 0 Å². The summed E-state index contributed by atoms with van der Waals surface area (Å²) in [6.45, 7) is 8.79. The molecule has 2 aliphatic rings. The summed E-state index contributed by atoms with van der Waals surface area (Å²) in [5, 5.41) is 9.24. The molecule has 5 amide bonds. The molecule has 57 heavy (non-hydrogen) atoms. The number of hydrogen-bond donors (Lipinski definition) is 4. The molecule has 4 atom stereocenters. The van der Waals surface area contributed by atoms with Crippen LogP contribution < -0.4 is 16.0 Å². The molecular weight excluding hydrogens is 729 g/mol. The lowest BCUT2D eigenvalue weighted by Crippen LogP contribution is -2.55. The summed E-state index contributed by atoms with van der Waals surface area (Å²) in [4.78, 5) is 80.3. The number of likely N-dealkylation sites (tertiary alicyclic amines) is 2. The van der Waals surface area contributed by atoms with Crippen LogP contribution in [0.15, 0.2) is 60.8 Å². The Labute approximate surface area is 332 Å². The van der Waals surface area contributed by atoms with Gasteiger partial charge in [0.15, 0.2) is 0 Å². The number of carbonyl (C=O) groups is 5. The zero-order valence-electron chi connectivity index (χ0n) is 33.3. The van der Waals surface area contributed by atoms with Crippen LogP contribution in [0.1, 0.15) is 70.8 Å². The van der Waals surface area contributed by atoms with E-state index in [4.69, 9.17) is 14.5 Å². The van der Waals surface area contributed by atoms with Crippen LogP contribution in [0.3, 0.4) is 0 Å². The number of hydrogen-bond acceptors (Lipinski definition) is 9. The number of aromatic nitrogens is 3. The van der Waals surface area contributed by atoms with E-state index in [1.807, 2.05) is 76.2 Å². The Kier molecular flexibility index (Phi) is 12.7. The Morgan fingerprint density at radius 3 is 2.05 bits per heavy atom. The minimum atomic E-state index is -0.787. The fourth-order valence-corrected chi connectivity index (χ4v) is 7.58. The average molecular weight is 781 g/mol. The average Bonchev–Trinajstić information content (AvgIpc) is 4.02. The molecule has 0 saturated carbocycles. The molecule has 0 spiro atoms. The van der Waals surface area contributed by atoms with Gasteiger partial charge in [-0.15, -0.1) is 0 Å². The molecule has 4 heterocycles. The van der Waals surface area contributed by atoms with Crippen LogP contribution in [0, 0.1) is 11.8 Å². The molecule has 2 aromatic carbocycles. The SMILES string of the molecule is COC(=O)N[C@H](C(=O)N1CCC[C@H]1C(=O)NCc1ccc(-c2ccc3cc(-c4cnc([C@@H]5CCCN5C(=O)[C@@H](NC(=O)OC)C(C)C)[nH]4)ccc3n2)cc1)C(C)C. The van der Waals surface area contributed by atoms with Gasteiger partial charge in [0, 0.05) is 36.1 Å². The molecule has 0 radical (unpaired) electrons. The van der Waals surface area contributed by atoms with Crippen LogP contribution in [0.2, 0.25) is 0 Å². The van der Waals surface area contributed by atoms with E-state index in [-0.39, 0.29) is 35.6 Å². The number of aromatic amines is 1. The summed E-state index contributed by atoms with van der Waals surface area (Å²) < 4.78 is 9.45. The highest BCUT2D eigenvalue weighted by molar-refractivity contribution is 5.92. The molecule has 15 heteroatoms. The maximum absolute atomic E-state index is 13.6. The second-order valence-electron chi connectivity index (χ2n) is 15.3. The molecule has 2 aromatic heterocycles. The molecule has 6 rings (SSSR count). The Bertz CT molecular complexity index is 2100. The van der Waals surface area contributed by atoms with E-state index in [2.05, 4.69) is 32.0 Å². The molecule has 0 aliphatic carbocycles. The lowest BCUT2D eigenvalue weighted by Gasteiger charge is -2.30. The number of rotatable bonds is 12. The number of methoxy groups -OCH3 is 2. The predicted octanol–water partition coefficient (Wildman–Crippen LogP) is 5.32. The van der Waals surface area contributed by atoms with Crippen LogP contribution in [0.25, 0.3) is 33.4 Å². The fourth-order valence-electron chi connectivity index (χ4n) is 7.58. The van der Waals surface area contributed by atoms with E-state index in [0.717, 1.165) is 51.8 Å². The lowest BCUT2D eigenvalue weighted by molar-refractivity contribution is -0.140. The van der Waals surface area contributed by atoms with E-state index >= 15 is 0 Å². The Balaban J connectivity index is 1.08. The third-order valence-electron chi connectivity index (χ3n) is 10.8. The highest BCUT2D eigenvalue weighted by atomic mass is 16.5. The first-order valence-electron chi connectivity index (χ1n) is 19.5. The summed E-state index contributed by atoms with van der Waals surface area (Å²) >= 11 is 0. The number of benzene rings is 2. The lowest BCUT2D eigenvalue weighted by atomic mass is 10.0. The first-order chi connectivity index (χ1) is 27.4. The van der Waals surface area contributed by atoms with Crippen molar-refractivity contribution in [2.45, 2.75) is 84.1 Å². The standard InChI is InChI=1S/C42H52N8O7/c1-24(2)35(47-41(54)56-5)39(52)49-19-7-9-33(49)37-43-23-32(46-37)29-16-18-31-28(21-29)15-17-30(45-31)27-13-11-26(12-14-27)22-44-38(51)34-10-8-20-50(34)40(53)36(25(3)4)48-42(55)57-6/h11-18,21,23-25,33-36H,7-10,19-20,22H2,1-6H3,(H,43,46)(H,44,51)(H,47,54)(H,48,55)/t33-,34-,35-,36-/m0/s1. The van der Waals surface area contributed by atoms with Crippen LogP contribution in [0.4, 0.5) is 9.59 Å². The molecule has 302 valence electrons. The van der Waals surface area contributed by atoms with E-state index in [9.17, 15) is 24.0 Å². The first-order valence-corrected chi connectivity index (χ1v) is 19.5. The van der Waals surface area contributed by atoms with Crippen molar-refractivity contribution in [1.82, 2.24) is 40.7 Å². The molecule has 2 saturated heterocycles. The van der Waals surface area contributed by atoms with Gasteiger partial charge in [-0.25, -0.2) is 19.6 Å². The van der Waals surface area contributed by atoms with Crippen molar-refractivity contribution in [3.05, 3.63) is 72.2 Å². The summed E-state index contributed by atoms with van der Waals surface area (Å²) in [7, 11) is 2.53. The monoisotopic (exact) mass is 780 g/mol. The molecule has 0 bridgehead atoms. The van der Waals surface area contributed by atoms with Crippen molar-refractivity contribution in [2.75, 3.05) is 27.3 Å². The fraction of sp³-hybridized carbons (Fsp3) is 0.452. The third kappa shape index (κ3) is 9.19. The quantitative estimate of drug-likeness (QED) is 0.148. The maximum Gasteiger partial charge on any atom is 0.407 e. The molecule has 0 unspecified atom stereocenters. The minimum Gasteiger partial charge on any atom is -0.453 e. The van der Waals surface area contributed by atoms with E-state index in [0.29, 0.717) is 38.3 Å². The van der Waals surface area contributed by atoms with Gasteiger partial charge in [0.05, 0.1) is 43.4 Å². The summed E-state index contributed by atoms with van der Waals surface area (Å²) in [5.74, 6) is -0.266.